The number of carbonyl (C=O) groups is 1. The van der Waals surface area contributed by atoms with Crippen molar-refractivity contribution < 1.29 is 18.0 Å². The number of furan rings is 1. The highest BCUT2D eigenvalue weighted by molar-refractivity contribution is 7.18. The van der Waals surface area contributed by atoms with Crippen molar-refractivity contribution in [3.63, 3.8) is 0 Å². The lowest BCUT2D eigenvalue weighted by Gasteiger charge is -2.02. The number of amides is 1. The van der Waals surface area contributed by atoms with Crippen molar-refractivity contribution in [2.45, 2.75) is 0 Å². The molecule has 0 unspecified atom stereocenters. The number of hydrogen-bond donors (Lipinski definition) is 1. The van der Waals surface area contributed by atoms with E-state index >= 15 is 0 Å². The van der Waals surface area contributed by atoms with Gasteiger partial charge in [-0.25, -0.2) is 8.78 Å². The second-order valence-electron chi connectivity index (χ2n) is 3.97. The minimum absolute atomic E-state index is 0.190. The summed E-state index contributed by atoms with van der Waals surface area (Å²) in [6.45, 7) is 0. The number of nitrogens with one attached hydrogen (secondary N) is 1. The minimum atomic E-state index is -0.941. The molecular weight excluding hydrogens is 300 g/mol. The Balaban J connectivity index is 1.79. The van der Waals surface area contributed by atoms with Crippen molar-refractivity contribution in [2.24, 2.45) is 0 Å². The Morgan fingerprint density at radius 1 is 1.24 bits per heavy atom. The van der Waals surface area contributed by atoms with Crippen LogP contribution in [0.2, 0.25) is 0 Å². The molecule has 0 radical (unpaired) electrons. The monoisotopic (exact) mass is 307 g/mol. The van der Waals surface area contributed by atoms with Crippen LogP contribution in [-0.2, 0) is 0 Å². The van der Waals surface area contributed by atoms with Gasteiger partial charge in [0.2, 0.25) is 5.13 Å². The van der Waals surface area contributed by atoms with Crippen LogP contribution in [0.3, 0.4) is 0 Å². The van der Waals surface area contributed by atoms with E-state index in [2.05, 4.69) is 15.5 Å². The number of halogens is 2. The highest BCUT2D eigenvalue weighted by atomic mass is 32.1. The molecule has 8 heteroatoms. The van der Waals surface area contributed by atoms with Crippen molar-refractivity contribution in [2.75, 3.05) is 5.32 Å². The fourth-order valence-electron chi connectivity index (χ4n) is 1.61. The van der Waals surface area contributed by atoms with E-state index in [-0.39, 0.29) is 10.7 Å². The lowest BCUT2D eigenvalue weighted by molar-refractivity contribution is 0.102. The smallest absolute Gasteiger partial charge is 0.260 e. The Morgan fingerprint density at radius 3 is 2.81 bits per heavy atom. The Hall–Kier alpha value is -2.61. The lowest BCUT2D eigenvalue weighted by atomic mass is 10.2. The maximum absolute atomic E-state index is 13.5. The number of hydrogen-bond acceptors (Lipinski definition) is 5. The topological polar surface area (TPSA) is 68.0 Å². The van der Waals surface area contributed by atoms with E-state index < -0.39 is 17.5 Å². The largest absolute Gasteiger partial charge is 0.462 e. The predicted octanol–water partition coefficient (Wildman–Crippen LogP) is 3.33. The standard InChI is InChI=1S/C13H7F2N3O2S/c14-7-3-4-8(9(15)6-7)11(19)16-13-18-17-12(21-13)10-2-1-5-20-10/h1-6H,(H,16,18,19). The van der Waals surface area contributed by atoms with Gasteiger partial charge < -0.3 is 4.42 Å². The van der Waals surface area contributed by atoms with Crippen LogP contribution in [0.25, 0.3) is 10.8 Å². The van der Waals surface area contributed by atoms with E-state index in [1.54, 1.807) is 12.1 Å². The van der Waals surface area contributed by atoms with Crippen LogP contribution in [0.15, 0.2) is 41.0 Å². The second kappa shape index (κ2) is 5.41. The zero-order valence-corrected chi connectivity index (χ0v) is 11.2. The first kappa shape index (κ1) is 13.4. The Kier molecular flexibility index (Phi) is 3.44. The van der Waals surface area contributed by atoms with Crippen LogP contribution in [0.1, 0.15) is 10.4 Å². The fraction of sp³-hybridized carbons (Fsp3) is 0. The molecule has 2 aromatic heterocycles. The molecule has 3 rings (SSSR count). The van der Waals surface area contributed by atoms with Crippen LogP contribution in [0.5, 0.6) is 0 Å². The first-order valence-electron chi connectivity index (χ1n) is 5.77. The van der Waals surface area contributed by atoms with Crippen molar-refractivity contribution in [1.82, 2.24) is 10.2 Å². The normalized spacial score (nSPS) is 10.6. The van der Waals surface area contributed by atoms with Crippen molar-refractivity contribution >= 4 is 22.4 Å². The minimum Gasteiger partial charge on any atom is -0.462 e. The third kappa shape index (κ3) is 2.79. The summed E-state index contributed by atoms with van der Waals surface area (Å²) in [4.78, 5) is 11.9. The summed E-state index contributed by atoms with van der Waals surface area (Å²) in [5.41, 5.74) is -0.272. The maximum Gasteiger partial charge on any atom is 0.260 e. The zero-order valence-electron chi connectivity index (χ0n) is 10.3. The van der Waals surface area contributed by atoms with Gasteiger partial charge >= 0.3 is 0 Å². The third-order valence-corrected chi connectivity index (χ3v) is 3.41. The van der Waals surface area contributed by atoms with Crippen LogP contribution in [0, 0.1) is 11.6 Å². The van der Waals surface area contributed by atoms with Gasteiger partial charge in [0.1, 0.15) is 11.6 Å². The summed E-state index contributed by atoms with van der Waals surface area (Å²) in [7, 11) is 0. The molecule has 0 fully saturated rings. The zero-order chi connectivity index (χ0) is 14.8. The molecule has 5 nitrogen and oxygen atoms in total. The Labute approximate surface area is 121 Å². The van der Waals surface area contributed by atoms with Crippen LogP contribution >= 0.6 is 11.3 Å². The number of benzene rings is 1. The van der Waals surface area contributed by atoms with Gasteiger partial charge in [-0.05, 0) is 24.3 Å². The van der Waals surface area contributed by atoms with Crippen LogP contribution in [0.4, 0.5) is 13.9 Å². The van der Waals surface area contributed by atoms with Gasteiger partial charge in [-0.3, -0.25) is 10.1 Å². The van der Waals surface area contributed by atoms with Gasteiger partial charge in [0.25, 0.3) is 5.91 Å². The molecule has 1 N–H and O–H groups in total. The predicted molar refractivity (Wildman–Crippen MR) is 71.9 cm³/mol. The molecule has 0 atom stereocenters. The first-order valence-corrected chi connectivity index (χ1v) is 6.59. The average Bonchev–Trinajstić information content (AvgIpc) is 3.08. The summed E-state index contributed by atoms with van der Waals surface area (Å²) < 4.78 is 31.4. The van der Waals surface area contributed by atoms with E-state index in [0.29, 0.717) is 16.8 Å². The number of carbonyl (C=O) groups excluding carboxylic acids is 1. The number of rotatable bonds is 3. The quantitative estimate of drug-likeness (QED) is 0.806. The number of anilines is 1. The Bertz CT molecular complexity index is 787. The number of nitrogens with zero attached hydrogens (tertiary/aromatic N) is 2. The lowest BCUT2D eigenvalue weighted by Crippen LogP contribution is -2.13. The van der Waals surface area contributed by atoms with Gasteiger partial charge in [0.15, 0.2) is 10.8 Å². The molecule has 1 aromatic carbocycles. The molecule has 1 amide bonds. The molecule has 2 heterocycles. The van der Waals surface area contributed by atoms with Crippen molar-refractivity contribution in [3.05, 3.63) is 53.8 Å². The summed E-state index contributed by atoms with van der Waals surface area (Å²) in [5, 5.41) is 10.7. The maximum atomic E-state index is 13.5. The molecule has 106 valence electrons. The molecule has 0 bridgehead atoms. The van der Waals surface area contributed by atoms with Gasteiger partial charge in [-0.15, -0.1) is 10.2 Å². The molecule has 0 aliphatic carbocycles. The second-order valence-corrected chi connectivity index (χ2v) is 4.95. The highest BCUT2D eigenvalue weighted by Crippen LogP contribution is 2.26. The van der Waals surface area contributed by atoms with Crippen molar-refractivity contribution in [1.29, 1.82) is 0 Å². The van der Waals surface area contributed by atoms with E-state index in [1.807, 2.05) is 0 Å². The molecule has 0 saturated carbocycles. The molecule has 0 aliphatic rings. The van der Waals surface area contributed by atoms with E-state index in [0.717, 1.165) is 23.5 Å². The summed E-state index contributed by atoms with van der Waals surface area (Å²) in [5.74, 6) is -1.90. The highest BCUT2D eigenvalue weighted by Gasteiger charge is 2.16. The van der Waals surface area contributed by atoms with E-state index in [1.165, 1.54) is 6.26 Å². The molecule has 21 heavy (non-hydrogen) atoms. The summed E-state index contributed by atoms with van der Waals surface area (Å²) in [6.07, 6.45) is 1.49. The average molecular weight is 307 g/mol. The Morgan fingerprint density at radius 2 is 2.10 bits per heavy atom. The van der Waals surface area contributed by atoms with Gasteiger partial charge in [0, 0.05) is 6.07 Å². The SMILES string of the molecule is O=C(Nc1nnc(-c2ccco2)s1)c1ccc(F)cc1F. The van der Waals surface area contributed by atoms with E-state index in [9.17, 15) is 13.6 Å². The van der Waals surface area contributed by atoms with Gasteiger partial charge in [-0.1, -0.05) is 11.3 Å². The molecule has 0 aliphatic heterocycles. The summed E-state index contributed by atoms with van der Waals surface area (Å²) in [6, 6.07) is 6.11. The fourth-order valence-corrected chi connectivity index (χ4v) is 2.32. The molecule has 0 spiro atoms. The van der Waals surface area contributed by atoms with Crippen molar-refractivity contribution in [3.8, 4) is 10.8 Å². The molecular formula is C13H7F2N3O2S. The van der Waals surface area contributed by atoms with Gasteiger partial charge in [0.05, 0.1) is 11.8 Å². The van der Waals surface area contributed by atoms with Crippen LogP contribution < -0.4 is 5.32 Å². The summed E-state index contributed by atoms with van der Waals surface area (Å²) >= 11 is 1.08. The molecule has 3 aromatic rings. The molecule has 0 saturated heterocycles. The van der Waals surface area contributed by atoms with Gasteiger partial charge in [-0.2, -0.15) is 0 Å². The van der Waals surface area contributed by atoms with Crippen LogP contribution in [-0.4, -0.2) is 16.1 Å². The van der Waals surface area contributed by atoms with E-state index in [4.69, 9.17) is 4.42 Å². The third-order valence-electron chi connectivity index (χ3n) is 2.55. The number of aromatic nitrogens is 2. The first-order chi connectivity index (χ1) is 10.1.